The summed E-state index contributed by atoms with van der Waals surface area (Å²) in [7, 11) is 0. The number of hydrogen-bond acceptors (Lipinski definition) is 3. The zero-order chi connectivity index (χ0) is 15.7. The molecular weight excluding hydrogens is 364 g/mol. The maximum absolute atomic E-state index is 12.6. The highest BCUT2D eigenvalue weighted by Gasteiger charge is 2.39. The van der Waals surface area contributed by atoms with Crippen LogP contribution in [-0.4, -0.2) is 22.4 Å². The Kier molecular flexibility index (Phi) is 4.52. The lowest BCUT2D eigenvalue weighted by molar-refractivity contribution is -0.276. The Labute approximate surface area is 115 Å². The van der Waals surface area contributed by atoms with Crippen LogP contribution in [-0.2, 0) is 11.5 Å². The highest BCUT2D eigenvalue weighted by molar-refractivity contribution is 9.08. The molecule has 0 bridgehead atoms. The highest BCUT2D eigenvalue weighted by atomic mass is 79.9. The van der Waals surface area contributed by atoms with Crippen LogP contribution in [0.2, 0.25) is 0 Å². The number of carboxylic acid groups (broad SMARTS) is 1. The summed E-state index contributed by atoms with van der Waals surface area (Å²) >= 11 is 2.67. The largest absolute Gasteiger partial charge is 0.574 e. The summed E-state index contributed by atoms with van der Waals surface area (Å²) in [6.07, 6.45) is -10.4. The van der Waals surface area contributed by atoms with Crippen LogP contribution in [0.4, 0.5) is 26.3 Å². The van der Waals surface area contributed by atoms with Gasteiger partial charge in [-0.1, -0.05) is 15.9 Å². The molecule has 0 saturated carbocycles. The topological polar surface area (TPSA) is 59.4 Å². The lowest BCUT2D eigenvalue weighted by Crippen LogP contribution is -2.22. The predicted molar refractivity (Wildman–Crippen MR) is 55.5 cm³/mol. The van der Waals surface area contributed by atoms with Gasteiger partial charge in [0.2, 0.25) is 5.88 Å². The lowest BCUT2D eigenvalue weighted by Gasteiger charge is -2.15. The average Bonchev–Trinajstić information content (AvgIpc) is 2.24. The van der Waals surface area contributed by atoms with Crippen LogP contribution in [0.3, 0.4) is 0 Å². The number of carboxylic acids is 1. The number of ether oxygens (including phenoxy) is 1. The third-order valence-corrected chi connectivity index (χ3v) is 2.53. The van der Waals surface area contributed by atoms with E-state index in [9.17, 15) is 31.1 Å². The minimum atomic E-state index is -5.37. The van der Waals surface area contributed by atoms with Crippen LogP contribution in [0.5, 0.6) is 5.88 Å². The number of halogens is 7. The van der Waals surface area contributed by atoms with Crippen molar-refractivity contribution in [3.8, 4) is 5.88 Å². The monoisotopic (exact) mass is 367 g/mol. The standard InChI is InChI=1S/C9H4BrF6NO3/c10-2-3-1-4(7(18)19)6(20-9(14,15)16)17-5(3)8(11,12)13/h1H,2H2,(H,18,19). The second-order valence-corrected chi connectivity index (χ2v) is 3.89. The first-order chi connectivity index (χ1) is 8.95. The average molecular weight is 368 g/mol. The van der Waals surface area contributed by atoms with E-state index in [1.807, 2.05) is 0 Å². The summed E-state index contributed by atoms with van der Waals surface area (Å²) in [6.45, 7) is 0. The van der Waals surface area contributed by atoms with E-state index in [4.69, 9.17) is 5.11 Å². The van der Waals surface area contributed by atoms with E-state index in [0.29, 0.717) is 6.07 Å². The number of alkyl halides is 7. The van der Waals surface area contributed by atoms with Crippen molar-refractivity contribution in [3.05, 3.63) is 22.9 Å². The maximum atomic E-state index is 12.6. The predicted octanol–water partition coefficient (Wildman–Crippen LogP) is 3.59. The first-order valence-corrected chi connectivity index (χ1v) is 5.74. The fraction of sp³-hybridized carbons (Fsp3) is 0.333. The quantitative estimate of drug-likeness (QED) is 0.655. The second-order valence-electron chi connectivity index (χ2n) is 3.33. The smallest absolute Gasteiger partial charge is 0.477 e. The fourth-order valence-electron chi connectivity index (χ4n) is 1.23. The van der Waals surface area contributed by atoms with Crippen molar-refractivity contribution >= 4 is 21.9 Å². The van der Waals surface area contributed by atoms with E-state index in [1.165, 1.54) is 0 Å². The van der Waals surface area contributed by atoms with Gasteiger partial charge in [-0.15, -0.1) is 13.2 Å². The SMILES string of the molecule is O=C(O)c1cc(CBr)c(C(F)(F)F)nc1OC(F)(F)F. The summed E-state index contributed by atoms with van der Waals surface area (Å²) in [5.74, 6) is -3.56. The van der Waals surface area contributed by atoms with Crippen LogP contribution in [0.15, 0.2) is 6.07 Å². The summed E-state index contributed by atoms with van der Waals surface area (Å²) in [4.78, 5) is 13.4. The summed E-state index contributed by atoms with van der Waals surface area (Å²) in [6, 6.07) is 0.425. The molecule has 0 spiro atoms. The molecule has 0 amide bonds. The van der Waals surface area contributed by atoms with Gasteiger partial charge in [0.1, 0.15) is 5.56 Å². The van der Waals surface area contributed by atoms with Crippen molar-refractivity contribution in [1.29, 1.82) is 0 Å². The second kappa shape index (κ2) is 5.46. The van der Waals surface area contributed by atoms with Gasteiger partial charge in [-0.3, -0.25) is 0 Å². The van der Waals surface area contributed by atoms with Gasteiger partial charge in [-0.25, -0.2) is 9.78 Å². The van der Waals surface area contributed by atoms with Crippen molar-refractivity contribution in [3.63, 3.8) is 0 Å². The van der Waals surface area contributed by atoms with Gasteiger partial charge < -0.3 is 9.84 Å². The van der Waals surface area contributed by atoms with E-state index in [-0.39, 0.29) is 0 Å². The van der Waals surface area contributed by atoms with Gasteiger partial charge in [0.15, 0.2) is 5.69 Å². The van der Waals surface area contributed by atoms with Crippen LogP contribution in [0.25, 0.3) is 0 Å². The molecule has 0 fully saturated rings. The third-order valence-electron chi connectivity index (χ3n) is 1.92. The van der Waals surface area contributed by atoms with E-state index in [2.05, 4.69) is 25.7 Å². The number of pyridine rings is 1. The molecule has 0 aliphatic heterocycles. The van der Waals surface area contributed by atoms with E-state index in [1.54, 1.807) is 0 Å². The summed E-state index contributed by atoms with van der Waals surface area (Å²) < 4.78 is 77.2. The van der Waals surface area contributed by atoms with Gasteiger partial charge in [-0.2, -0.15) is 13.2 Å². The highest BCUT2D eigenvalue weighted by Crippen LogP contribution is 2.35. The third kappa shape index (κ3) is 3.99. The molecule has 1 heterocycles. The fourth-order valence-corrected chi connectivity index (χ4v) is 1.65. The molecular formula is C9H4BrF6NO3. The van der Waals surface area contributed by atoms with Crippen LogP contribution < -0.4 is 4.74 Å². The molecule has 1 N–H and O–H groups in total. The van der Waals surface area contributed by atoms with Gasteiger partial charge in [0, 0.05) is 5.33 Å². The Bertz CT molecular complexity index is 528. The van der Waals surface area contributed by atoms with E-state index in [0.717, 1.165) is 0 Å². The van der Waals surface area contributed by atoms with Crippen molar-refractivity contribution in [2.24, 2.45) is 0 Å². The lowest BCUT2D eigenvalue weighted by atomic mass is 10.1. The summed E-state index contributed by atoms with van der Waals surface area (Å²) in [5.41, 5.74) is -3.40. The molecule has 4 nitrogen and oxygen atoms in total. The molecule has 0 aliphatic carbocycles. The van der Waals surface area contributed by atoms with Gasteiger partial charge in [-0.05, 0) is 11.6 Å². The van der Waals surface area contributed by atoms with Gasteiger partial charge in [0.05, 0.1) is 0 Å². The molecule has 1 aromatic rings. The van der Waals surface area contributed by atoms with Crippen molar-refractivity contribution in [2.45, 2.75) is 17.9 Å². The number of nitrogens with zero attached hydrogens (tertiary/aromatic N) is 1. The van der Waals surface area contributed by atoms with Crippen molar-refractivity contribution in [1.82, 2.24) is 4.98 Å². The molecule has 0 aromatic carbocycles. The zero-order valence-corrected chi connectivity index (χ0v) is 10.7. The van der Waals surface area contributed by atoms with Crippen LogP contribution >= 0.6 is 15.9 Å². The molecule has 0 unspecified atom stereocenters. The number of rotatable bonds is 3. The number of carbonyl (C=O) groups is 1. The van der Waals surface area contributed by atoms with Gasteiger partial charge >= 0.3 is 18.5 Å². The maximum Gasteiger partial charge on any atom is 0.574 e. The summed E-state index contributed by atoms with van der Waals surface area (Å²) in [5, 5.41) is 8.25. The number of aromatic carboxylic acids is 1. The minimum Gasteiger partial charge on any atom is -0.477 e. The van der Waals surface area contributed by atoms with E-state index < -0.39 is 46.5 Å². The zero-order valence-electron chi connectivity index (χ0n) is 9.14. The minimum absolute atomic E-state index is 0.425. The Morgan fingerprint density at radius 2 is 1.85 bits per heavy atom. The van der Waals surface area contributed by atoms with Crippen LogP contribution in [0, 0.1) is 0 Å². The number of aromatic nitrogens is 1. The molecule has 0 saturated heterocycles. The normalized spacial score (nSPS) is 12.3. The van der Waals surface area contributed by atoms with Crippen LogP contribution in [0.1, 0.15) is 21.6 Å². The number of hydrogen-bond donors (Lipinski definition) is 1. The van der Waals surface area contributed by atoms with Gasteiger partial charge in [0.25, 0.3) is 0 Å². The Morgan fingerprint density at radius 3 is 2.20 bits per heavy atom. The Balaban J connectivity index is 3.51. The molecule has 1 aromatic heterocycles. The molecule has 112 valence electrons. The first-order valence-electron chi connectivity index (χ1n) is 4.62. The molecule has 0 aliphatic rings. The van der Waals surface area contributed by atoms with E-state index >= 15 is 0 Å². The Morgan fingerprint density at radius 1 is 1.30 bits per heavy atom. The Hall–Kier alpha value is -1.52. The molecule has 20 heavy (non-hydrogen) atoms. The molecule has 1 rings (SSSR count). The molecule has 0 radical (unpaired) electrons. The molecule has 0 atom stereocenters. The first kappa shape index (κ1) is 16.5. The molecule has 11 heteroatoms. The van der Waals surface area contributed by atoms with Crippen molar-refractivity contribution in [2.75, 3.05) is 0 Å². The van der Waals surface area contributed by atoms with Crippen molar-refractivity contribution < 1.29 is 41.0 Å².